The Bertz CT molecular complexity index is 648. The average molecular weight is 289 g/mol. The zero-order valence-electron chi connectivity index (χ0n) is 13.4. The third kappa shape index (κ3) is 4.23. The van der Waals surface area contributed by atoms with E-state index in [1.54, 1.807) is 0 Å². The van der Waals surface area contributed by atoms with Crippen molar-refractivity contribution in [1.82, 2.24) is 0 Å². The van der Waals surface area contributed by atoms with Crippen LogP contribution in [0.3, 0.4) is 0 Å². The van der Waals surface area contributed by atoms with Gasteiger partial charge in [-0.15, -0.1) is 0 Å². The van der Waals surface area contributed by atoms with Gasteiger partial charge in [-0.3, -0.25) is 0 Å². The van der Waals surface area contributed by atoms with E-state index in [0.717, 1.165) is 12.1 Å². The van der Waals surface area contributed by atoms with Gasteiger partial charge in [-0.25, -0.2) is 0 Å². The third-order valence-corrected chi connectivity index (χ3v) is 3.63. The number of rotatable bonds is 6. The molecule has 1 nitrogen and oxygen atoms in total. The van der Waals surface area contributed by atoms with E-state index >= 15 is 0 Å². The van der Waals surface area contributed by atoms with Crippen LogP contribution in [0.25, 0.3) is 6.08 Å². The van der Waals surface area contributed by atoms with E-state index in [1.165, 1.54) is 16.9 Å². The van der Waals surface area contributed by atoms with Gasteiger partial charge in [0.05, 0.1) is 0 Å². The molecule has 22 heavy (non-hydrogen) atoms. The zero-order chi connectivity index (χ0) is 15.8. The molecule has 0 aliphatic heterocycles. The summed E-state index contributed by atoms with van der Waals surface area (Å²) < 4.78 is 0. The van der Waals surface area contributed by atoms with E-state index < -0.39 is 0 Å². The lowest BCUT2D eigenvalue weighted by molar-refractivity contribution is 1.09. The SMILES string of the molecule is C=Cc1ccc(N(CC=CC(C)=CC)c2ccccc2)cc1. The van der Waals surface area contributed by atoms with Crippen molar-refractivity contribution in [2.75, 3.05) is 11.4 Å². The summed E-state index contributed by atoms with van der Waals surface area (Å²) in [4.78, 5) is 2.30. The highest BCUT2D eigenvalue weighted by molar-refractivity contribution is 5.65. The van der Waals surface area contributed by atoms with Crippen LogP contribution in [-0.4, -0.2) is 6.54 Å². The second-order valence-corrected chi connectivity index (χ2v) is 5.18. The zero-order valence-corrected chi connectivity index (χ0v) is 13.4. The highest BCUT2D eigenvalue weighted by Crippen LogP contribution is 2.25. The largest absolute Gasteiger partial charge is 0.338 e. The maximum absolute atomic E-state index is 3.81. The summed E-state index contributed by atoms with van der Waals surface area (Å²) in [5.41, 5.74) is 4.78. The van der Waals surface area contributed by atoms with Gasteiger partial charge in [-0.1, -0.05) is 66.8 Å². The summed E-state index contributed by atoms with van der Waals surface area (Å²) in [6.07, 6.45) is 8.34. The number of para-hydroxylation sites is 1. The summed E-state index contributed by atoms with van der Waals surface area (Å²) in [5, 5.41) is 0. The fourth-order valence-corrected chi connectivity index (χ4v) is 2.20. The van der Waals surface area contributed by atoms with Gasteiger partial charge in [0.2, 0.25) is 0 Å². The molecule has 0 amide bonds. The summed E-state index contributed by atoms with van der Waals surface area (Å²) in [7, 11) is 0. The number of anilines is 2. The van der Waals surface area contributed by atoms with Crippen LogP contribution in [0.5, 0.6) is 0 Å². The molecule has 112 valence electrons. The lowest BCUT2D eigenvalue weighted by Crippen LogP contribution is -2.16. The molecule has 0 radical (unpaired) electrons. The molecule has 1 heteroatoms. The van der Waals surface area contributed by atoms with E-state index in [1.807, 2.05) is 12.1 Å². The Kier molecular flexibility index (Phi) is 5.79. The predicted molar refractivity (Wildman–Crippen MR) is 98.6 cm³/mol. The first-order valence-corrected chi connectivity index (χ1v) is 7.59. The number of nitrogens with zero attached hydrogens (tertiary/aromatic N) is 1. The van der Waals surface area contributed by atoms with Crippen LogP contribution >= 0.6 is 0 Å². The van der Waals surface area contributed by atoms with Gasteiger partial charge in [0, 0.05) is 17.9 Å². The Morgan fingerprint density at radius 1 is 1.00 bits per heavy atom. The number of hydrogen-bond donors (Lipinski definition) is 0. The van der Waals surface area contributed by atoms with Crippen molar-refractivity contribution in [1.29, 1.82) is 0 Å². The molecule has 0 aliphatic rings. The average Bonchev–Trinajstić information content (AvgIpc) is 2.59. The summed E-state index contributed by atoms with van der Waals surface area (Å²) >= 11 is 0. The minimum absolute atomic E-state index is 0.836. The Morgan fingerprint density at radius 2 is 1.64 bits per heavy atom. The molecule has 0 spiro atoms. The van der Waals surface area contributed by atoms with Crippen LogP contribution in [0, 0.1) is 0 Å². The predicted octanol–water partition coefficient (Wildman–Crippen LogP) is 5.99. The number of allylic oxidation sites excluding steroid dienone is 3. The first kappa shape index (κ1) is 15.8. The molecule has 0 atom stereocenters. The number of benzene rings is 2. The monoisotopic (exact) mass is 289 g/mol. The summed E-state index contributed by atoms with van der Waals surface area (Å²) in [6, 6.07) is 18.9. The van der Waals surface area contributed by atoms with Crippen LogP contribution in [0.2, 0.25) is 0 Å². The fourth-order valence-electron chi connectivity index (χ4n) is 2.20. The van der Waals surface area contributed by atoms with E-state index in [0.29, 0.717) is 0 Å². The highest BCUT2D eigenvalue weighted by atomic mass is 15.1. The van der Waals surface area contributed by atoms with Gasteiger partial charge in [-0.2, -0.15) is 0 Å². The second kappa shape index (κ2) is 8.04. The molecule has 2 aromatic rings. The summed E-state index contributed by atoms with van der Waals surface area (Å²) in [5.74, 6) is 0. The van der Waals surface area contributed by atoms with Crippen molar-refractivity contribution in [3.63, 3.8) is 0 Å². The van der Waals surface area contributed by atoms with Crippen LogP contribution in [0.4, 0.5) is 11.4 Å². The fraction of sp³-hybridized carbons (Fsp3) is 0.143. The Labute approximate surface area is 133 Å². The van der Waals surface area contributed by atoms with Gasteiger partial charge >= 0.3 is 0 Å². The maximum atomic E-state index is 3.81. The topological polar surface area (TPSA) is 3.24 Å². The van der Waals surface area contributed by atoms with Crippen molar-refractivity contribution < 1.29 is 0 Å². The van der Waals surface area contributed by atoms with Gasteiger partial charge < -0.3 is 4.90 Å². The summed E-state index contributed by atoms with van der Waals surface area (Å²) in [6.45, 7) is 8.82. The minimum Gasteiger partial charge on any atom is -0.338 e. The molecule has 0 saturated carbocycles. The maximum Gasteiger partial charge on any atom is 0.0415 e. The van der Waals surface area contributed by atoms with Gasteiger partial charge in [0.15, 0.2) is 0 Å². The molecule has 0 aliphatic carbocycles. The standard InChI is InChI=1S/C21H23N/c1-4-18(3)10-9-17-22(20-11-7-6-8-12-20)21-15-13-19(5-2)14-16-21/h4-16H,2,17H2,1,3H3. The van der Waals surface area contributed by atoms with Crippen molar-refractivity contribution in [3.05, 3.63) is 90.5 Å². The molecule has 0 heterocycles. The molecule has 0 bridgehead atoms. The first-order valence-electron chi connectivity index (χ1n) is 7.59. The molecule has 0 N–H and O–H groups in total. The highest BCUT2D eigenvalue weighted by Gasteiger charge is 2.06. The Hall–Kier alpha value is -2.54. The lowest BCUT2D eigenvalue weighted by atomic mass is 10.1. The Morgan fingerprint density at radius 3 is 2.23 bits per heavy atom. The lowest BCUT2D eigenvalue weighted by Gasteiger charge is -2.23. The third-order valence-electron chi connectivity index (χ3n) is 3.63. The van der Waals surface area contributed by atoms with Crippen molar-refractivity contribution in [2.45, 2.75) is 13.8 Å². The van der Waals surface area contributed by atoms with Crippen LogP contribution in [0.1, 0.15) is 19.4 Å². The first-order chi connectivity index (χ1) is 10.7. The van der Waals surface area contributed by atoms with Crippen LogP contribution < -0.4 is 4.90 Å². The Balaban J connectivity index is 2.28. The number of hydrogen-bond acceptors (Lipinski definition) is 1. The van der Waals surface area contributed by atoms with Gasteiger partial charge in [0.1, 0.15) is 0 Å². The molecule has 2 aromatic carbocycles. The van der Waals surface area contributed by atoms with Crippen molar-refractivity contribution >= 4 is 17.5 Å². The smallest absolute Gasteiger partial charge is 0.0415 e. The van der Waals surface area contributed by atoms with Gasteiger partial charge in [0.25, 0.3) is 0 Å². The van der Waals surface area contributed by atoms with E-state index in [9.17, 15) is 0 Å². The van der Waals surface area contributed by atoms with Crippen molar-refractivity contribution in [3.8, 4) is 0 Å². The molecule has 0 aromatic heterocycles. The molecular formula is C21H23N. The van der Waals surface area contributed by atoms with Crippen LogP contribution in [-0.2, 0) is 0 Å². The van der Waals surface area contributed by atoms with Gasteiger partial charge in [-0.05, 0) is 43.7 Å². The second-order valence-electron chi connectivity index (χ2n) is 5.18. The van der Waals surface area contributed by atoms with E-state index in [-0.39, 0.29) is 0 Å². The minimum atomic E-state index is 0.836. The molecule has 0 saturated heterocycles. The van der Waals surface area contributed by atoms with Crippen molar-refractivity contribution in [2.24, 2.45) is 0 Å². The molecular weight excluding hydrogens is 266 g/mol. The van der Waals surface area contributed by atoms with E-state index in [2.05, 4.69) is 92.1 Å². The van der Waals surface area contributed by atoms with Crippen LogP contribution in [0.15, 0.2) is 85.0 Å². The normalized spacial score (nSPS) is 11.6. The molecule has 0 unspecified atom stereocenters. The molecule has 2 rings (SSSR count). The molecule has 0 fully saturated rings. The quantitative estimate of drug-likeness (QED) is 0.590. The van der Waals surface area contributed by atoms with E-state index in [4.69, 9.17) is 0 Å².